The first kappa shape index (κ1) is 21.7. The van der Waals surface area contributed by atoms with E-state index >= 15 is 0 Å². The molecular formula is C19H20FN5O3S2. The lowest BCUT2D eigenvalue weighted by molar-refractivity contribution is 0.0953. The Balaban J connectivity index is 1.75. The number of aromatic nitrogens is 3. The molecule has 0 aliphatic carbocycles. The number of H-pyrrole nitrogens is 1. The second-order valence-corrected chi connectivity index (χ2v) is 8.64. The van der Waals surface area contributed by atoms with Crippen molar-refractivity contribution in [2.45, 2.75) is 18.2 Å². The molecule has 0 radical (unpaired) electrons. The fourth-order valence-corrected chi connectivity index (χ4v) is 3.99. The highest BCUT2D eigenvalue weighted by molar-refractivity contribution is 7.92. The molecule has 0 saturated carbocycles. The molecule has 0 atom stereocenters. The standard InChI is InChI=1S/C19H20FN5O3S2/c1-12-7-8-13(30(27,28)24-16-6-4-3-5-15(16)20)11-14(12)18(26)21-10-9-17-22-23-19(29)25(17)2/h3-8,11,24H,9-10H2,1-2H3,(H,21,26)(H,23,29). The lowest BCUT2D eigenvalue weighted by Gasteiger charge is -2.12. The number of carbonyl (C=O) groups excluding carboxylic acids is 1. The molecule has 3 N–H and O–H groups in total. The van der Waals surface area contributed by atoms with Gasteiger partial charge in [-0.1, -0.05) is 18.2 Å². The van der Waals surface area contributed by atoms with Crippen LogP contribution in [-0.4, -0.2) is 35.6 Å². The van der Waals surface area contributed by atoms with Crippen LogP contribution in [0.15, 0.2) is 47.4 Å². The highest BCUT2D eigenvalue weighted by atomic mass is 32.2. The van der Waals surface area contributed by atoms with Crippen LogP contribution in [0.2, 0.25) is 0 Å². The fourth-order valence-electron chi connectivity index (χ4n) is 2.75. The van der Waals surface area contributed by atoms with Gasteiger partial charge in [-0.3, -0.25) is 14.6 Å². The number of aromatic amines is 1. The summed E-state index contributed by atoms with van der Waals surface area (Å²) in [5, 5.41) is 9.49. The molecule has 8 nitrogen and oxygen atoms in total. The SMILES string of the molecule is Cc1ccc(S(=O)(=O)Nc2ccccc2F)cc1C(=O)NCCc1n[nH]c(=S)n1C. The number of aryl methyl sites for hydroxylation is 1. The van der Waals surface area contributed by atoms with Crippen LogP contribution in [0, 0.1) is 17.5 Å². The van der Waals surface area contributed by atoms with Gasteiger partial charge in [0, 0.05) is 25.6 Å². The van der Waals surface area contributed by atoms with Gasteiger partial charge in [0.25, 0.3) is 15.9 Å². The Kier molecular flexibility index (Phi) is 6.32. The van der Waals surface area contributed by atoms with Gasteiger partial charge in [-0.15, -0.1) is 0 Å². The van der Waals surface area contributed by atoms with E-state index in [9.17, 15) is 17.6 Å². The molecule has 2 aromatic carbocycles. The van der Waals surface area contributed by atoms with Gasteiger partial charge in [0.15, 0.2) is 4.77 Å². The fraction of sp³-hybridized carbons (Fsp3) is 0.211. The molecule has 3 rings (SSSR count). The van der Waals surface area contributed by atoms with Crippen molar-refractivity contribution in [3.63, 3.8) is 0 Å². The highest BCUT2D eigenvalue weighted by Crippen LogP contribution is 2.21. The van der Waals surface area contributed by atoms with E-state index in [2.05, 4.69) is 20.2 Å². The summed E-state index contributed by atoms with van der Waals surface area (Å²) in [6.07, 6.45) is 0.446. The number of sulfonamides is 1. The van der Waals surface area contributed by atoms with E-state index in [1.807, 2.05) is 0 Å². The van der Waals surface area contributed by atoms with Gasteiger partial charge >= 0.3 is 0 Å². The number of para-hydroxylation sites is 1. The monoisotopic (exact) mass is 449 g/mol. The topological polar surface area (TPSA) is 109 Å². The average Bonchev–Trinajstić information content (AvgIpc) is 3.02. The van der Waals surface area contributed by atoms with Crippen LogP contribution in [0.1, 0.15) is 21.7 Å². The number of anilines is 1. The summed E-state index contributed by atoms with van der Waals surface area (Å²) >= 11 is 5.04. The van der Waals surface area contributed by atoms with Gasteiger partial charge < -0.3 is 9.88 Å². The minimum absolute atomic E-state index is 0.143. The maximum atomic E-state index is 13.8. The highest BCUT2D eigenvalue weighted by Gasteiger charge is 2.19. The van der Waals surface area contributed by atoms with Gasteiger partial charge in [-0.2, -0.15) is 5.10 Å². The summed E-state index contributed by atoms with van der Waals surface area (Å²) in [4.78, 5) is 12.5. The lowest BCUT2D eigenvalue weighted by atomic mass is 10.1. The van der Waals surface area contributed by atoms with E-state index in [-0.39, 0.29) is 22.7 Å². The Morgan fingerprint density at radius 3 is 2.67 bits per heavy atom. The molecule has 1 amide bonds. The van der Waals surface area contributed by atoms with E-state index in [1.54, 1.807) is 18.5 Å². The first-order chi connectivity index (χ1) is 14.2. The van der Waals surface area contributed by atoms with Crippen LogP contribution in [0.25, 0.3) is 0 Å². The van der Waals surface area contributed by atoms with E-state index < -0.39 is 21.7 Å². The zero-order valence-corrected chi connectivity index (χ0v) is 17.9. The second kappa shape index (κ2) is 8.76. The lowest BCUT2D eigenvalue weighted by Crippen LogP contribution is -2.27. The number of carbonyl (C=O) groups is 1. The normalized spacial score (nSPS) is 11.3. The Morgan fingerprint density at radius 2 is 2.00 bits per heavy atom. The van der Waals surface area contributed by atoms with E-state index in [1.165, 1.54) is 36.4 Å². The zero-order valence-electron chi connectivity index (χ0n) is 16.3. The maximum absolute atomic E-state index is 13.8. The summed E-state index contributed by atoms with van der Waals surface area (Å²) in [5.41, 5.74) is 0.648. The van der Waals surface area contributed by atoms with Gasteiger partial charge in [-0.25, -0.2) is 12.8 Å². The molecule has 0 fully saturated rings. The minimum Gasteiger partial charge on any atom is -0.352 e. The van der Waals surface area contributed by atoms with Crippen molar-refractivity contribution < 1.29 is 17.6 Å². The smallest absolute Gasteiger partial charge is 0.262 e. The van der Waals surface area contributed by atoms with Gasteiger partial charge in [0.05, 0.1) is 10.6 Å². The van der Waals surface area contributed by atoms with Crippen LogP contribution in [0.5, 0.6) is 0 Å². The molecule has 0 saturated heterocycles. The van der Waals surface area contributed by atoms with Crippen molar-refractivity contribution in [3.05, 3.63) is 70.0 Å². The Labute approximate surface area is 178 Å². The van der Waals surface area contributed by atoms with Crippen LogP contribution in [0.3, 0.4) is 0 Å². The van der Waals surface area contributed by atoms with E-state index in [0.29, 0.717) is 22.6 Å². The molecule has 11 heteroatoms. The second-order valence-electron chi connectivity index (χ2n) is 6.57. The summed E-state index contributed by atoms with van der Waals surface area (Å²) < 4.78 is 43.5. The number of halogens is 1. The van der Waals surface area contributed by atoms with Crippen molar-refractivity contribution in [1.29, 1.82) is 0 Å². The third-order valence-corrected chi connectivity index (χ3v) is 6.22. The minimum atomic E-state index is -4.07. The average molecular weight is 450 g/mol. The number of nitrogens with zero attached hydrogens (tertiary/aromatic N) is 2. The molecule has 1 heterocycles. The predicted octanol–water partition coefficient (Wildman–Crippen LogP) is 2.70. The third kappa shape index (κ3) is 4.74. The molecule has 0 aliphatic heterocycles. The molecule has 1 aromatic heterocycles. The predicted molar refractivity (Wildman–Crippen MR) is 113 cm³/mol. The number of benzene rings is 2. The summed E-state index contributed by atoms with van der Waals surface area (Å²) in [6, 6.07) is 9.61. The quantitative estimate of drug-likeness (QED) is 0.481. The van der Waals surface area contributed by atoms with Gasteiger partial charge in [-0.05, 0) is 49.0 Å². The zero-order chi connectivity index (χ0) is 21.9. The van der Waals surface area contributed by atoms with Crippen LogP contribution < -0.4 is 10.0 Å². The summed E-state index contributed by atoms with van der Waals surface area (Å²) in [6.45, 7) is 1.99. The number of amides is 1. The molecule has 30 heavy (non-hydrogen) atoms. The van der Waals surface area contributed by atoms with Crippen molar-refractivity contribution >= 4 is 33.8 Å². The maximum Gasteiger partial charge on any atom is 0.262 e. The van der Waals surface area contributed by atoms with E-state index in [0.717, 1.165) is 6.07 Å². The van der Waals surface area contributed by atoms with Crippen molar-refractivity contribution in [2.75, 3.05) is 11.3 Å². The molecule has 3 aromatic rings. The first-order valence-corrected chi connectivity index (χ1v) is 10.8. The molecule has 0 aliphatic rings. The Hall–Kier alpha value is -3.05. The first-order valence-electron chi connectivity index (χ1n) is 8.95. The molecule has 0 bridgehead atoms. The van der Waals surface area contributed by atoms with Crippen molar-refractivity contribution in [3.8, 4) is 0 Å². The number of hydrogen-bond donors (Lipinski definition) is 3. The molecule has 158 valence electrons. The molecular weight excluding hydrogens is 429 g/mol. The summed E-state index contributed by atoms with van der Waals surface area (Å²) in [5.74, 6) is -0.436. The van der Waals surface area contributed by atoms with Crippen LogP contribution >= 0.6 is 12.2 Å². The molecule has 0 unspecified atom stereocenters. The van der Waals surface area contributed by atoms with Crippen molar-refractivity contribution in [2.24, 2.45) is 7.05 Å². The number of hydrogen-bond acceptors (Lipinski definition) is 5. The largest absolute Gasteiger partial charge is 0.352 e. The third-order valence-electron chi connectivity index (χ3n) is 4.49. The van der Waals surface area contributed by atoms with Crippen LogP contribution in [0.4, 0.5) is 10.1 Å². The molecule has 0 spiro atoms. The Morgan fingerprint density at radius 1 is 1.27 bits per heavy atom. The Bertz CT molecular complexity index is 1250. The van der Waals surface area contributed by atoms with Gasteiger partial charge in [0.2, 0.25) is 0 Å². The summed E-state index contributed by atoms with van der Waals surface area (Å²) in [7, 11) is -2.31. The van der Waals surface area contributed by atoms with Gasteiger partial charge in [0.1, 0.15) is 11.6 Å². The van der Waals surface area contributed by atoms with Crippen molar-refractivity contribution in [1.82, 2.24) is 20.1 Å². The van der Waals surface area contributed by atoms with E-state index in [4.69, 9.17) is 12.2 Å². The van der Waals surface area contributed by atoms with Crippen LogP contribution in [-0.2, 0) is 23.5 Å². The number of rotatable bonds is 7. The number of nitrogens with one attached hydrogen (secondary N) is 3.